The third-order valence-electron chi connectivity index (χ3n) is 5.32. The molecule has 0 amide bonds. The van der Waals surface area contributed by atoms with Crippen molar-refractivity contribution in [3.8, 4) is 5.75 Å². The van der Waals surface area contributed by atoms with Crippen LogP contribution in [-0.2, 0) is 17.1 Å². The first-order chi connectivity index (χ1) is 14.8. The summed E-state index contributed by atoms with van der Waals surface area (Å²) in [7, 11) is 0. The van der Waals surface area contributed by atoms with Crippen LogP contribution in [0.2, 0.25) is 0 Å². The van der Waals surface area contributed by atoms with Gasteiger partial charge < -0.3 is 14.9 Å². The maximum atomic E-state index is 13.0. The lowest BCUT2D eigenvalue weighted by atomic mass is 9.92. The third-order valence-corrected chi connectivity index (χ3v) is 5.82. The first-order valence-corrected chi connectivity index (χ1v) is 10.3. The molecule has 0 aliphatic heterocycles. The molecule has 1 aromatic carbocycles. The van der Waals surface area contributed by atoms with Crippen LogP contribution in [0.3, 0.4) is 0 Å². The van der Waals surface area contributed by atoms with Gasteiger partial charge in [-0.05, 0) is 49.8 Å². The number of hydrogen-bond donors (Lipinski definition) is 2. The Morgan fingerprint density at radius 1 is 1.06 bits per heavy atom. The lowest BCUT2D eigenvalue weighted by molar-refractivity contribution is -0.143. The number of ether oxygens (including phenoxy) is 1. The summed E-state index contributed by atoms with van der Waals surface area (Å²) in [6, 6.07) is 1.00. The maximum Gasteiger partial charge on any atom is 0.416 e. The van der Waals surface area contributed by atoms with Crippen LogP contribution in [0.1, 0.15) is 43.2 Å². The number of aliphatic hydroxyl groups excluding tert-OH is 1. The van der Waals surface area contributed by atoms with Crippen molar-refractivity contribution in [1.29, 1.82) is 0 Å². The fourth-order valence-corrected chi connectivity index (χ4v) is 4.11. The van der Waals surface area contributed by atoms with Gasteiger partial charge in [0.25, 0.3) is 0 Å². The van der Waals surface area contributed by atoms with Gasteiger partial charge in [0.1, 0.15) is 5.75 Å². The number of aliphatic carboxylic acids is 1. The monoisotopic (exact) mass is 488 g/mol. The average molecular weight is 489 g/mol. The van der Waals surface area contributed by atoms with E-state index in [4.69, 9.17) is 21.4 Å². The minimum absolute atomic E-state index is 0.0179. The van der Waals surface area contributed by atoms with E-state index < -0.39 is 52.6 Å². The molecule has 1 aliphatic rings. The van der Waals surface area contributed by atoms with Crippen molar-refractivity contribution in [2.75, 3.05) is 6.61 Å². The van der Waals surface area contributed by atoms with E-state index in [1.165, 1.54) is 0 Å². The van der Waals surface area contributed by atoms with Gasteiger partial charge in [-0.15, -0.1) is 11.6 Å². The van der Waals surface area contributed by atoms with Crippen molar-refractivity contribution >= 4 is 17.6 Å². The molecule has 0 spiro atoms. The van der Waals surface area contributed by atoms with Crippen LogP contribution >= 0.6 is 11.6 Å². The minimum atomic E-state index is -4.98. The van der Waals surface area contributed by atoms with E-state index in [0.717, 1.165) is 0 Å². The number of aliphatic hydroxyl groups is 1. The molecule has 0 radical (unpaired) electrons. The van der Waals surface area contributed by atoms with E-state index in [2.05, 4.69) is 0 Å². The highest BCUT2D eigenvalue weighted by Gasteiger charge is 2.42. The van der Waals surface area contributed by atoms with Gasteiger partial charge in [-0.1, -0.05) is 12.2 Å². The van der Waals surface area contributed by atoms with Crippen LogP contribution in [0.15, 0.2) is 30.4 Å². The molecule has 0 aromatic heterocycles. The molecule has 4 nitrogen and oxygen atoms in total. The number of carbonyl (C=O) groups is 1. The first kappa shape index (κ1) is 26.3. The van der Waals surface area contributed by atoms with Gasteiger partial charge in [-0.3, -0.25) is 4.79 Å². The number of allylic oxidation sites excluding steroid dienone is 2. The van der Waals surface area contributed by atoms with Crippen LogP contribution in [0, 0.1) is 11.8 Å². The Balaban J connectivity index is 2.08. The maximum absolute atomic E-state index is 13.0. The third kappa shape index (κ3) is 7.58. The van der Waals surface area contributed by atoms with Gasteiger partial charge in [-0.2, -0.15) is 26.3 Å². The Morgan fingerprint density at radius 2 is 1.66 bits per heavy atom. The number of alkyl halides is 7. The molecule has 1 aliphatic carbocycles. The van der Waals surface area contributed by atoms with E-state index in [1.807, 2.05) is 0 Å². The summed E-state index contributed by atoms with van der Waals surface area (Å²) < 4.78 is 83.3. The van der Waals surface area contributed by atoms with Crippen molar-refractivity contribution in [2.45, 2.75) is 55.9 Å². The lowest BCUT2D eigenvalue weighted by Gasteiger charge is -2.23. The smallest absolute Gasteiger partial charge is 0.416 e. The highest BCUT2D eigenvalue weighted by atomic mass is 35.5. The number of unbranched alkanes of at least 4 members (excludes halogenated alkanes) is 1. The van der Waals surface area contributed by atoms with E-state index in [1.54, 1.807) is 12.2 Å². The topological polar surface area (TPSA) is 66.8 Å². The van der Waals surface area contributed by atoms with E-state index >= 15 is 0 Å². The molecule has 0 heterocycles. The quantitative estimate of drug-likeness (QED) is 0.196. The number of benzene rings is 1. The van der Waals surface area contributed by atoms with Crippen molar-refractivity contribution in [1.82, 2.24) is 0 Å². The van der Waals surface area contributed by atoms with Crippen LogP contribution in [0.5, 0.6) is 5.75 Å². The van der Waals surface area contributed by atoms with Crippen molar-refractivity contribution in [3.05, 3.63) is 41.5 Å². The fraction of sp³-hybridized carbons (Fsp3) is 0.571. The number of carboxylic acid groups (broad SMARTS) is 1. The zero-order chi connectivity index (χ0) is 24.1. The molecular formula is C21H23ClF6O4. The van der Waals surface area contributed by atoms with Crippen LogP contribution in [0.4, 0.5) is 26.3 Å². The largest absolute Gasteiger partial charge is 0.493 e. The van der Waals surface area contributed by atoms with Gasteiger partial charge in [0.15, 0.2) is 0 Å². The summed E-state index contributed by atoms with van der Waals surface area (Å²) in [5.41, 5.74) is -2.96. The Hall–Kier alpha value is -1.94. The zero-order valence-electron chi connectivity index (χ0n) is 16.8. The summed E-state index contributed by atoms with van der Waals surface area (Å²) >= 11 is 6.28. The molecule has 2 N–H and O–H groups in total. The summed E-state index contributed by atoms with van der Waals surface area (Å²) in [5.74, 6) is -2.40. The molecule has 4 unspecified atom stereocenters. The van der Waals surface area contributed by atoms with E-state index in [-0.39, 0.29) is 31.4 Å². The van der Waals surface area contributed by atoms with Gasteiger partial charge in [0, 0.05) is 17.7 Å². The number of hydrogen-bond acceptors (Lipinski definition) is 3. The molecule has 32 heavy (non-hydrogen) atoms. The van der Waals surface area contributed by atoms with Crippen LogP contribution < -0.4 is 4.74 Å². The molecule has 1 aromatic rings. The Bertz CT molecular complexity index is 776. The molecule has 4 atom stereocenters. The van der Waals surface area contributed by atoms with Crippen LogP contribution in [-0.4, -0.2) is 34.3 Å². The highest BCUT2D eigenvalue weighted by molar-refractivity contribution is 6.21. The number of rotatable bonds is 9. The average Bonchev–Trinajstić information content (AvgIpc) is 2.93. The summed E-state index contributed by atoms with van der Waals surface area (Å²) in [5, 5.41) is 18.4. The molecule has 0 bridgehead atoms. The zero-order valence-corrected chi connectivity index (χ0v) is 17.6. The summed E-state index contributed by atoms with van der Waals surface area (Å²) in [6.45, 7) is -0.305. The fourth-order valence-electron chi connectivity index (χ4n) is 3.64. The summed E-state index contributed by atoms with van der Waals surface area (Å²) in [4.78, 5) is 10.5. The lowest BCUT2D eigenvalue weighted by Crippen LogP contribution is -2.27. The van der Waals surface area contributed by atoms with Crippen LogP contribution in [0.25, 0.3) is 0 Å². The molecule has 0 saturated heterocycles. The minimum Gasteiger partial charge on any atom is -0.493 e. The van der Waals surface area contributed by atoms with Gasteiger partial charge in [0.2, 0.25) is 0 Å². The number of carboxylic acids is 1. The van der Waals surface area contributed by atoms with Gasteiger partial charge in [-0.25, -0.2) is 0 Å². The Morgan fingerprint density at radius 3 is 2.19 bits per heavy atom. The predicted molar refractivity (Wildman–Crippen MR) is 104 cm³/mol. The Kier molecular flexibility index (Phi) is 8.87. The van der Waals surface area contributed by atoms with Crippen molar-refractivity contribution < 1.29 is 46.1 Å². The van der Waals surface area contributed by atoms with Crippen molar-refractivity contribution in [3.63, 3.8) is 0 Å². The molecule has 180 valence electrons. The summed E-state index contributed by atoms with van der Waals surface area (Å²) in [6.07, 6.45) is -5.72. The van der Waals surface area contributed by atoms with E-state index in [0.29, 0.717) is 31.4 Å². The Labute approximate surface area is 185 Å². The standard InChI is InChI=1S/C21H23ClF6O4/c22-17-10-18(29)16(15(17)5-3-1-2-4-6-19(30)31)11-32-14-8-12(20(23,24)25)7-13(9-14)21(26,27)28/h1,3,7-9,15-18,29H,2,4-6,10-11H2,(H,30,31)/b3-1-. The normalized spacial score (nSPS) is 24.2. The second-order valence-corrected chi connectivity index (χ2v) is 8.25. The van der Waals surface area contributed by atoms with Gasteiger partial charge >= 0.3 is 18.3 Å². The second-order valence-electron chi connectivity index (χ2n) is 7.69. The molecule has 1 fully saturated rings. The number of halogens is 7. The molecular weight excluding hydrogens is 466 g/mol. The highest BCUT2D eigenvalue weighted by Crippen LogP contribution is 2.41. The molecule has 2 rings (SSSR count). The predicted octanol–water partition coefficient (Wildman–Crippen LogP) is 5.91. The molecule has 11 heteroatoms. The second kappa shape index (κ2) is 10.8. The SMILES string of the molecule is O=C(O)CCC/C=C\CC1C(Cl)CC(O)C1COc1cc(C(F)(F)F)cc(C(F)(F)F)c1. The molecule has 1 saturated carbocycles. The first-order valence-electron chi connectivity index (χ1n) is 9.90. The van der Waals surface area contributed by atoms with Gasteiger partial charge in [0.05, 0.1) is 23.8 Å². The van der Waals surface area contributed by atoms with Crippen molar-refractivity contribution in [2.24, 2.45) is 11.8 Å². The van der Waals surface area contributed by atoms with E-state index in [9.17, 15) is 36.2 Å².